The standard InChI is InChI=1S/C7H10N2O2/c1-5(10)6(11)9-7(4-8)2-3-7/h5,10H,2-3H2,1H3,(H,9,11)/t5-/m1/s1. The number of hydrogen-bond acceptors (Lipinski definition) is 3. The van der Waals surface area contributed by atoms with E-state index in [1.54, 1.807) is 0 Å². The maximum Gasteiger partial charge on any atom is 0.249 e. The number of nitriles is 1. The van der Waals surface area contributed by atoms with Crippen LogP contribution in [0.1, 0.15) is 19.8 Å². The predicted octanol–water partition coefficient (Wildman–Crippen LogP) is -0.460. The lowest BCUT2D eigenvalue weighted by Gasteiger charge is -2.09. The van der Waals surface area contributed by atoms with Gasteiger partial charge in [-0.05, 0) is 19.8 Å². The van der Waals surface area contributed by atoms with Crippen molar-refractivity contribution in [1.29, 1.82) is 5.26 Å². The molecule has 1 atom stereocenters. The number of carbonyl (C=O) groups is 1. The van der Waals surface area contributed by atoms with Crippen LogP contribution < -0.4 is 5.32 Å². The molecule has 2 N–H and O–H groups in total. The molecule has 0 aromatic rings. The number of rotatable bonds is 2. The SMILES string of the molecule is C[C@@H](O)C(=O)NC1(C#N)CC1. The fraction of sp³-hybridized carbons (Fsp3) is 0.714. The van der Waals surface area contributed by atoms with Crippen molar-refractivity contribution in [2.45, 2.75) is 31.4 Å². The van der Waals surface area contributed by atoms with Crippen LogP contribution in [0.5, 0.6) is 0 Å². The second kappa shape index (κ2) is 2.51. The van der Waals surface area contributed by atoms with E-state index in [4.69, 9.17) is 10.4 Å². The molecule has 1 aliphatic rings. The smallest absolute Gasteiger partial charge is 0.249 e. The second-order valence-electron chi connectivity index (χ2n) is 2.86. The Bertz CT molecular complexity index is 213. The first-order valence-corrected chi connectivity index (χ1v) is 3.51. The normalized spacial score (nSPS) is 21.5. The molecular weight excluding hydrogens is 144 g/mol. The molecule has 60 valence electrons. The molecule has 1 amide bonds. The van der Waals surface area contributed by atoms with Crippen LogP contribution in [0.25, 0.3) is 0 Å². The van der Waals surface area contributed by atoms with Gasteiger partial charge in [-0.2, -0.15) is 5.26 Å². The van der Waals surface area contributed by atoms with Gasteiger partial charge >= 0.3 is 0 Å². The molecule has 0 aliphatic heterocycles. The number of amides is 1. The van der Waals surface area contributed by atoms with E-state index >= 15 is 0 Å². The summed E-state index contributed by atoms with van der Waals surface area (Å²) in [5.74, 6) is -0.468. The molecular formula is C7H10N2O2. The first-order valence-electron chi connectivity index (χ1n) is 3.51. The van der Waals surface area contributed by atoms with Gasteiger partial charge in [-0.25, -0.2) is 0 Å². The van der Waals surface area contributed by atoms with Crippen LogP contribution in [0.15, 0.2) is 0 Å². The van der Waals surface area contributed by atoms with Crippen molar-refractivity contribution < 1.29 is 9.90 Å². The monoisotopic (exact) mass is 154 g/mol. The van der Waals surface area contributed by atoms with Gasteiger partial charge < -0.3 is 10.4 Å². The fourth-order valence-electron chi connectivity index (χ4n) is 0.730. The molecule has 4 heteroatoms. The Morgan fingerprint density at radius 2 is 2.36 bits per heavy atom. The molecule has 0 unspecified atom stereocenters. The molecule has 11 heavy (non-hydrogen) atoms. The highest BCUT2D eigenvalue weighted by Crippen LogP contribution is 2.34. The number of carbonyl (C=O) groups excluding carboxylic acids is 1. The molecule has 1 aliphatic carbocycles. The molecule has 0 aromatic carbocycles. The Kier molecular flexibility index (Phi) is 1.83. The lowest BCUT2D eigenvalue weighted by molar-refractivity contribution is -0.129. The number of aliphatic hydroxyl groups excluding tert-OH is 1. The number of aliphatic hydroxyl groups is 1. The van der Waals surface area contributed by atoms with Crippen molar-refractivity contribution in [3.05, 3.63) is 0 Å². The van der Waals surface area contributed by atoms with Crippen molar-refractivity contribution in [1.82, 2.24) is 5.32 Å². The predicted molar refractivity (Wildman–Crippen MR) is 37.4 cm³/mol. The zero-order chi connectivity index (χ0) is 8.48. The third-order valence-electron chi connectivity index (χ3n) is 1.71. The van der Waals surface area contributed by atoms with E-state index in [9.17, 15) is 4.79 Å². The third kappa shape index (κ3) is 1.69. The van der Waals surface area contributed by atoms with Gasteiger partial charge in [0.25, 0.3) is 0 Å². The molecule has 0 radical (unpaired) electrons. The first kappa shape index (κ1) is 8.02. The maximum atomic E-state index is 10.8. The topological polar surface area (TPSA) is 73.1 Å². The molecule has 4 nitrogen and oxygen atoms in total. The summed E-state index contributed by atoms with van der Waals surface area (Å²) in [6.45, 7) is 1.38. The van der Waals surface area contributed by atoms with Gasteiger partial charge in [0.15, 0.2) is 0 Å². The summed E-state index contributed by atoms with van der Waals surface area (Å²) >= 11 is 0. The van der Waals surface area contributed by atoms with Crippen molar-refractivity contribution in [3.63, 3.8) is 0 Å². The van der Waals surface area contributed by atoms with Gasteiger partial charge in [-0.1, -0.05) is 0 Å². The summed E-state index contributed by atoms with van der Waals surface area (Å²) in [5.41, 5.74) is -0.659. The van der Waals surface area contributed by atoms with E-state index < -0.39 is 17.6 Å². The van der Waals surface area contributed by atoms with Crippen LogP contribution in [-0.2, 0) is 4.79 Å². The van der Waals surface area contributed by atoms with E-state index in [0.717, 1.165) is 0 Å². The van der Waals surface area contributed by atoms with Crippen LogP contribution in [0.4, 0.5) is 0 Å². The summed E-state index contributed by atoms with van der Waals surface area (Å²) in [4.78, 5) is 10.8. The average Bonchev–Trinajstić information content (AvgIpc) is 2.69. The van der Waals surface area contributed by atoms with Crippen molar-refractivity contribution >= 4 is 5.91 Å². The molecule has 0 spiro atoms. The van der Waals surface area contributed by atoms with Crippen molar-refractivity contribution in [2.24, 2.45) is 0 Å². The molecule has 0 heterocycles. The largest absolute Gasteiger partial charge is 0.384 e. The summed E-state index contributed by atoms with van der Waals surface area (Å²) in [5, 5.41) is 19.8. The van der Waals surface area contributed by atoms with E-state index in [0.29, 0.717) is 12.8 Å². The average molecular weight is 154 g/mol. The molecule has 1 fully saturated rings. The van der Waals surface area contributed by atoms with E-state index in [1.165, 1.54) is 6.92 Å². The summed E-state index contributed by atoms with van der Waals surface area (Å²) in [6, 6.07) is 2.00. The van der Waals surface area contributed by atoms with E-state index in [1.807, 2.05) is 6.07 Å². The summed E-state index contributed by atoms with van der Waals surface area (Å²) in [6.07, 6.45) is 0.366. The number of hydrogen-bond donors (Lipinski definition) is 2. The minimum Gasteiger partial charge on any atom is -0.384 e. The van der Waals surface area contributed by atoms with Crippen LogP contribution in [-0.4, -0.2) is 22.7 Å². The van der Waals surface area contributed by atoms with Crippen molar-refractivity contribution in [2.75, 3.05) is 0 Å². The zero-order valence-electron chi connectivity index (χ0n) is 6.29. The molecule has 0 bridgehead atoms. The van der Waals surface area contributed by atoms with Crippen LogP contribution in [0, 0.1) is 11.3 Å². The Morgan fingerprint density at radius 1 is 1.82 bits per heavy atom. The molecule has 1 rings (SSSR count). The minimum atomic E-state index is -1.03. The van der Waals surface area contributed by atoms with E-state index in [-0.39, 0.29) is 0 Å². The Balaban J connectivity index is 2.44. The van der Waals surface area contributed by atoms with Crippen molar-refractivity contribution in [3.8, 4) is 6.07 Å². The van der Waals surface area contributed by atoms with Crippen LogP contribution in [0.2, 0.25) is 0 Å². The molecule has 1 saturated carbocycles. The molecule has 0 saturated heterocycles. The van der Waals surface area contributed by atoms with Gasteiger partial charge in [0.1, 0.15) is 11.6 Å². The minimum absolute atomic E-state index is 0.468. The van der Waals surface area contributed by atoms with Gasteiger partial charge in [-0.15, -0.1) is 0 Å². The zero-order valence-corrected chi connectivity index (χ0v) is 6.29. The van der Waals surface area contributed by atoms with Gasteiger partial charge in [0.05, 0.1) is 6.07 Å². The highest BCUT2D eigenvalue weighted by atomic mass is 16.3. The van der Waals surface area contributed by atoms with Crippen LogP contribution in [0.3, 0.4) is 0 Å². The highest BCUT2D eigenvalue weighted by molar-refractivity contribution is 5.81. The van der Waals surface area contributed by atoms with E-state index in [2.05, 4.69) is 5.32 Å². The lowest BCUT2D eigenvalue weighted by Crippen LogP contribution is -2.41. The van der Waals surface area contributed by atoms with Gasteiger partial charge in [0, 0.05) is 0 Å². The number of nitrogens with zero attached hydrogens (tertiary/aromatic N) is 1. The third-order valence-corrected chi connectivity index (χ3v) is 1.71. The Morgan fingerprint density at radius 3 is 2.64 bits per heavy atom. The Hall–Kier alpha value is -1.08. The highest BCUT2D eigenvalue weighted by Gasteiger charge is 2.44. The second-order valence-corrected chi connectivity index (χ2v) is 2.86. The summed E-state index contributed by atoms with van der Waals surface area (Å²) in [7, 11) is 0. The Labute approximate surface area is 64.8 Å². The fourth-order valence-corrected chi connectivity index (χ4v) is 0.730. The molecule has 0 aromatic heterocycles. The van der Waals surface area contributed by atoms with Gasteiger partial charge in [0.2, 0.25) is 5.91 Å². The van der Waals surface area contributed by atoms with Gasteiger partial charge in [-0.3, -0.25) is 4.79 Å². The summed E-state index contributed by atoms with van der Waals surface area (Å²) < 4.78 is 0. The quantitative estimate of drug-likeness (QED) is 0.565. The maximum absolute atomic E-state index is 10.8. The lowest BCUT2D eigenvalue weighted by atomic mass is 10.3. The number of nitrogens with one attached hydrogen (secondary N) is 1. The first-order chi connectivity index (χ1) is 5.09. The van der Waals surface area contributed by atoms with Crippen LogP contribution >= 0.6 is 0 Å².